The fraction of sp³-hybridized carbons (Fsp3) is 0. The molecule has 0 saturated carbocycles. The number of hydrogen-bond acceptors (Lipinski definition) is 1. The Kier molecular flexibility index (Phi) is 8170. The zero-order valence-electron chi connectivity index (χ0n) is 3.91. The monoisotopic (exact) mass is 264 g/mol. The standard InChI is InChI=1S/Ce.6H2O.O/h;6*1H2;. The van der Waals surface area contributed by atoms with E-state index in [-0.39, 0.29) is 72.6 Å². The van der Waals surface area contributed by atoms with E-state index in [1.54, 1.807) is 0 Å². The van der Waals surface area contributed by atoms with E-state index in [0.717, 1.165) is 0 Å². The van der Waals surface area contributed by atoms with Crippen LogP contribution in [0.5, 0.6) is 0 Å². The molecule has 0 fully saturated rings. The van der Waals surface area contributed by atoms with Crippen LogP contribution in [0.2, 0.25) is 0 Å². The van der Waals surface area contributed by atoms with E-state index in [9.17, 15) is 0 Å². The molecule has 0 rings (SSSR count). The summed E-state index contributed by atoms with van der Waals surface area (Å²) in [6.45, 7) is 0. The molecule has 0 aromatic rings. The van der Waals surface area contributed by atoms with Crippen LogP contribution in [0, 0.1) is 39.8 Å². The molecule has 0 heterocycles. The normalized spacial score (nSPS) is 0.375. The van der Waals surface area contributed by atoms with Crippen molar-refractivity contribution in [3.05, 3.63) is 0 Å². The van der Waals surface area contributed by atoms with Gasteiger partial charge < -0.3 is 32.9 Å². The topological polar surface area (TPSA) is 206 Å². The predicted octanol–water partition coefficient (Wildman–Crippen LogP) is -5.07. The second-order valence-corrected chi connectivity index (χ2v) is 0. The Morgan fingerprint density at radius 3 is 0.500 bits per heavy atom. The van der Waals surface area contributed by atoms with Gasteiger partial charge in [0.15, 0.2) is 0 Å². The van der Waals surface area contributed by atoms with Gasteiger partial charge in [0, 0.05) is 0 Å². The average Bonchev–Trinajstić information content (AvgIpc) is 1.00. The summed E-state index contributed by atoms with van der Waals surface area (Å²) in [4.78, 5) is 0. The summed E-state index contributed by atoms with van der Waals surface area (Å²) < 4.78 is 8.39. The fourth-order valence-corrected chi connectivity index (χ4v) is 0. The molecular formula is H12CeO7. The van der Waals surface area contributed by atoms with Gasteiger partial charge in [-0.05, 0) is 0 Å². The summed E-state index contributed by atoms with van der Waals surface area (Å²) in [5, 5.41) is 0. The predicted molar refractivity (Wildman–Crippen MR) is 22.4 cm³/mol. The van der Waals surface area contributed by atoms with Gasteiger partial charge in [-0.15, -0.1) is 0 Å². The molecule has 0 radical (unpaired) electrons. The van der Waals surface area contributed by atoms with Gasteiger partial charge in [0.05, 0.1) is 0 Å². The van der Waals surface area contributed by atoms with Crippen LogP contribution in [0.4, 0.5) is 0 Å². The molecule has 0 amide bonds. The van der Waals surface area contributed by atoms with E-state index < -0.39 is 0 Å². The van der Waals surface area contributed by atoms with Crippen LogP contribution in [-0.2, 0) is 0.938 Å². The van der Waals surface area contributed by atoms with Gasteiger partial charge in [-0.2, -0.15) is 0 Å². The number of hydrogen-bond donors (Lipinski definition) is 0. The van der Waals surface area contributed by atoms with E-state index >= 15 is 0 Å². The minimum atomic E-state index is 0. The quantitative estimate of drug-likeness (QED) is 0.413. The Labute approximate surface area is 73.1 Å². The zero-order valence-corrected chi connectivity index (χ0v) is 7.05. The summed E-state index contributed by atoms with van der Waals surface area (Å²) >= 11 is 0.0556. The zero-order chi connectivity index (χ0) is 2.00. The minimum absolute atomic E-state index is 0. The van der Waals surface area contributed by atoms with Gasteiger partial charge in [-0.1, -0.05) is 0 Å². The molecule has 7 nitrogen and oxygen atoms in total. The second kappa shape index (κ2) is 435. The first-order valence-corrected chi connectivity index (χ1v) is 1.49. The molecule has 0 saturated heterocycles. The Balaban J connectivity index is -0.000000000333. The van der Waals surface area contributed by atoms with Crippen molar-refractivity contribution in [3.63, 3.8) is 0 Å². The van der Waals surface area contributed by atoms with Crippen molar-refractivity contribution in [1.82, 2.24) is 0 Å². The Bertz CT molecular complexity index is 4.35. The van der Waals surface area contributed by atoms with Crippen LogP contribution in [0.15, 0.2) is 0 Å². The van der Waals surface area contributed by atoms with Gasteiger partial charge in [-0.3, -0.25) is 0 Å². The van der Waals surface area contributed by atoms with Gasteiger partial charge in [0.1, 0.15) is 0 Å². The van der Waals surface area contributed by atoms with Crippen LogP contribution in [-0.4, -0.2) is 32.9 Å². The first-order valence-electron chi connectivity index (χ1n) is 0.204. The summed E-state index contributed by atoms with van der Waals surface area (Å²) in [7, 11) is 0. The van der Waals surface area contributed by atoms with Gasteiger partial charge in [-0.25, -0.2) is 0 Å². The van der Waals surface area contributed by atoms with Crippen molar-refractivity contribution >= 4 is 0 Å². The van der Waals surface area contributed by atoms with Crippen molar-refractivity contribution in [2.24, 2.45) is 0 Å². The first kappa shape index (κ1) is 150. The van der Waals surface area contributed by atoms with Gasteiger partial charge >= 0.3 is 40.7 Å². The fourth-order valence-electron chi connectivity index (χ4n) is 0. The molecule has 0 aliphatic heterocycles. The molecule has 0 unspecified atom stereocenters. The van der Waals surface area contributed by atoms with Crippen LogP contribution in [0.3, 0.4) is 0 Å². The summed E-state index contributed by atoms with van der Waals surface area (Å²) in [6, 6.07) is 0. The van der Waals surface area contributed by atoms with E-state index in [0.29, 0.717) is 0 Å². The van der Waals surface area contributed by atoms with Crippen LogP contribution >= 0.6 is 0 Å². The Hall–Kier alpha value is 0.937. The van der Waals surface area contributed by atoms with Crippen LogP contribution in [0.1, 0.15) is 0 Å². The third-order valence-electron chi connectivity index (χ3n) is 0. The molecular weight excluding hydrogens is 252 g/mol. The second-order valence-electron chi connectivity index (χ2n) is 0. The van der Waals surface area contributed by atoms with E-state index in [1.807, 2.05) is 0 Å². The van der Waals surface area contributed by atoms with E-state index in [1.165, 1.54) is 0 Å². The average molecular weight is 264 g/mol. The molecule has 0 bridgehead atoms. The van der Waals surface area contributed by atoms with Gasteiger partial charge in [0.25, 0.3) is 0 Å². The third-order valence-corrected chi connectivity index (χ3v) is 0. The van der Waals surface area contributed by atoms with Crippen LogP contribution < -0.4 is 0 Å². The maximum absolute atomic E-state index is 8.39. The molecule has 0 aromatic carbocycles. The summed E-state index contributed by atoms with van der Waals surface area (Å²) in [5.74, 6) is 0. The molecule has 0 atom stereocenters. The molecule has 8 heavy (non-hydrogen) atoms. The van der Waals surface area contributed by atoms with Gasteiger partial charge in [0.2, 0.25) is 0 Å². The van der Waals surface area contributed by atoms with Crippen LogP contribution in [0.25, 0.3) is 0 Å². The van der Waals surface area contributed by atoms with E-state index in [2.05, 4.69) is 0 Å². The Morgan fingerprint density at radius 2 is 0.500 bits per heavy atom. The molecule has 0 aliphatic rings. The van der Waals surface area contributed by atoms with Crippen molar-refractivity contribution in [2.45, 2.75) is 0 Å². The SMILES string of the molecule is O.O.O.O.O.O.[O]=[Ce]. The molecule has 0 aliphatic carbocycles. The summed E-state index contributed by atoms with van der Waals surface area (Å²) in [6.07, 6.45) is 0. The molecule has 8 heteroatoms. The Morgan fingerprint density at radius 1 is 0.500 bits per heavy atom. The molecule has 0 aromatic heterocycles. The van der Waals surface area contributed by atoms with Crippen molar-refractivity contribution in [3.8, 4) is 0 Å². The van der Waals surface area contributed by atoms with E-state index in [4.69, 9.17) is 0.938 Å². The maximum atomic E-state index is 8.39. The third kappa shape index (κ3) is 279. The van der Waals surface area contributed by atoms with Crippen molar-refractivity contribution in [1.29, 1.82) is 0 Å². The molecule has 12 N–H and O–H groups in total. The van der Waals surface area contributed by atoms with Crippen molar-refractivity contribution in [2.75, 3.05) is 0 Å². The summed E-state index contributed by atoms with van der Waals surface area (Å²) in [5.41, 5.74) is 0. The molecule has 58 valence electrons. The number of rotatable bonds is 0. The first-order chi connectivity index (χ1) is 1.00. The van der Waals surface area contributed by atoms with Crippen molar-refractivity contribution < 1.29 is 73.6 Å². The molecule has 0 spiro atoms.